The van der Waals surface area contributed by atoms with Crippen LogP contribution in [0.25, 0.3) is 22.3 Å². The lowest BCUT2D eigenvalue weighted by molar-refractivity contribution is -0.129. The van der Waals surface area contributed by atoms with Crippen LogP contribution in [-0.2, 0) is 24.3 Å². The van der Waals surface area contributed by atoms with Crippen molar-refractivity contribution in [1.82, 2.24) is 29.1 Å². The molecule has 2 aromatic carbocycles. The lowest BCUT2D eigenvalue weighted by Gasteiger charge is -2.33. The largest absolute Gasteiger partial charge is 0.390 e. The number of carbonyl (C=O) groups is 1. The van der Waals surface area contributed by atoms with Crippen LogP contribution in [0.4, 0.5) is 0 Å². The Morgan fingerprint density at radius 3 is 2.63 bits per heavy atom. The van der Waals surface area contributed by atoms with E-state index in [4.69, 9.17) is 28.3 Å². The maximum atomic E-state index is 12.7. The number of hydrogen-bond donors (Lipinski definition) is 2. The number of aryl methyl sites for hydroxylation is 1. The van der Waals surface area contributed by atoms with Gasteiger partial charge in [-0.05, 0) is 55.7 Å². The van der Waals surface area contributed by atoms with Gasteiger partial charge in [0, 0.05) is 79.0 Å². The first kappa shape index (κ1) is 28.0. The first-order valence-electron chi connectivity index (χ1n) is 14.1. The van der Waals surface area contributed by atoms with Crippen molar-refractivity contribution in [3.05, 3.63) is 73.7 Å². The number of aliphatic hydroxyl groups is 1. The Morgan fingerprint density at radius 2 is 1.90 bits per heavy atom. The molecule has 6 rings (SSSR count). The van der Waals surface area contributed by atoms with E-state index in [9.17, 15) is 14.7 Å². The standard InChI is InChI=1S/C30H34Cl2N6O3/c1-18-13-20(3-5-25(18)32)29-24-17-36(19(2)39)12-9-27(24)37(34-29)16-23(40)15-35-10-7-22(8-11-35)38-28-14-21(31)4-6-26(28)33-30(38)41/h3-6,13-14,22-23,40H,7-12,15-17H2,1-2H3,(H,33,41)/t23-/m1/s1. The number of aromatic amines is 1. The van der Waals surface area contributed by atoms with E-state index in [1.807, 2.05) is 51.4 Å². The summed E-state index contributed by atoms with van der Waals surface area (Å²) in [5.41, 5.74) is 6.37. The van der Waals surface area contributed by atoms with Gasteiger partial charge in [-0.25, -0.2) is 4.79 Å². The predicted octanol–water partition coefficient (Wildman–Crippen LogP) is 4.41. The lowest BCUT2D eigenvalue weighted by atomic mass is 9.99. The summed E-state index contributed by atoms with van der Waals surface area (Å²) in [7, 11) is 0. The molecule has 1 amide bonds. The molecule has 1 saturated heterocycles. The quantitative estimate of drug-likeness (QED) is 0.343. The van der Waals surface area contributed by atoms with Crippen LogP contribution in [0.15, 0.2) is 41.2 Å². The van der Waals surface area contributed by atoms with Gasteiger partial charge in [0.15, 0.2) is 0 Å². The molecular weight excluding hydrogens is 563 g/mol. The maximum absolute atomic E-state index is 12.7. The van der Waals surface area contributed by atoms with Crippen molar-refractivity contribution >= 4 is 40.1 Å². The molecule has 2 aliphatic rings. The number of halogens is 2. The van der Waals surface area contributed by atoms with Crippen LogP contribution in [0.3, 0.4) is 0 Å². The first-order chi connectivity index (χ1) is 19.7. The fraction of sp³-hybridized carbons (Fsp3) is 0.433. The summed E-state index contributed by atoms with van der Waals surface area (Å²) in [5.74, 6) is 0.0445. The number of nitrogens with zero attached hydrogens (tertiary/aromatic N) is 5. The Labute approximate surface area is 248 Å². The van der Waals surface area contributed by atoms with Gasteiger partial charge in [0.2, 0.25) is 5.91 Å². The van der Waals surface area contributed by atoms with Gasteiger partial charge in [0.05, 0.1) is 29.4 Å². The zero-order valence-corrected chi connectivity index (χ0v) is 24.8. The number of benzene rings is 2. The summed E-state index contributed by atoms with van der Waals surface area (Å²) in [6.45, 7) is 7.15. The lowest BCUT2D eigenvalue weighted by Crippen LogP contribution is -2.42. The molecule has 2 aliphatic heterocycles. The van der Waals surface area contributed by atoms with E-state index in [0.29, 0.717) is 42.6 Å². The van der Waals surface area contributed by atoms with E-state index >= 15 is 0 Å². The van der Waals surface area contributed by atoms with Crippen LogP contribution in [-0.4, -0.2) is 72.4 Å². The highest BCUT2D eigenvalue weighted by Gasteiger charge is 2.29. The zero-order chi connectivity index (χ0) is 28.8. The third kappa shape index (κ3) is 5.56. The topological polar surface area (TPSA) is 99.4 Å². The van der Waals surface area contributed by atoms with Crippen molar-refractivity contribution in [2.75, 3.05) is 26.2 Å². The van der Waals surface area contributed by atoms with Crippen LogP contribution < -0.4 is 5.69 Å². The molecule has 1 fully saturated rings. The monoisotopic (exact) mass is 596 g/mol. The number of likely N-dealkylation sites (tertiary alicyclic amines) is 1. The Bertz CT molecular complexity index is 1670. The van der Waals surface area contributed by atoms with Crippen LogP contribution in [0, 0.1) is 6.92 Å². The number of carbonyl (C=O) groups excluding carboxylic acids is 1. The number of nitrogens with one attached hydrogen (secondary N) is 1. The summed E-state index contributed by atoms with van der Waals surface area (Å²) in [6, 6.07) is 11.4. The molecule has 216 valence electrons. The van der Waals surface area contributed by atoms with Crippen LogP contribution in [0.5, 0.6) is 0 Å². The van der Waals surface area contributed by atoms with E-state index < -0.39 is 6.10 Å². The second-order valence-corrected chi connectivity index (χ2v) is 12.1. The highest BCUT2D eigenvalue weighted by atomic mass is 35.5. The predicted molar refractivity (Wildman–Crippen MR) is 160 cm³/mol. The smallest absolute Gasteiger partial charge is 0.326 e. The number of β-amino-alcohol motifs (C(OH)–C–C–N with tert-alkyl or cyclic N) is 1. The number of piperidine rings is 1. The molecule has 0 spiro atoms. The number of amides is 1. The minimum Gasteiger partial charge on any atom is -0.390 e. The summed E-state index contributed by atoms with van der Waals surface area (Å²) >= 11 is 12.5. The number of rotatable bonds is 6. The average Bonchev–Trinajstić information content (AvgIpc) is 3.46. The minimum atomic E-state index is -0.615. The van der Waals surface area contributed by atoms with E-state index in [1.165, 1.54) is 0 Å². The van der Waals surface area contributed by atoms with Crippen molar-refractivity contribution in [1.29, 1.82) is 0 Å². The van der Waals surface area contributed by atoms with Gasteiger partial charge in [-0.15, -0.1) is 0 Å². The molecule has 0 radical (unpaired) electrons. The molecule has 4 aromatic rings. The average molecular weight is 598 g/mol. The van der Waals surface area contributed by atoms with Gasteiger partial charge < -0.3 is 19.9 Å². The molecule has 11 heteroatoms. The maximum Gasteiger partial charge on any atom is 0.326 e. The van der Waals surface area contributed by atoms with Crippen molar-refractivity contribution in [2.45, 2.75) is 58.3 Å². The molecule has 1 atom stereocenters. The van der Waals surface area contributed by atoms with E-state index in [-0.39, 0.29) is 17.6 Å². The van der Waals surface area contributed by atoms with Crippen molar-refractivity contribution in [3.8, 4) is 11.3 Å². The molecule has 0 aliphatic carbocycles. The molecule has 0 unspecified atom stereocenters. The molecule has 9 nitrogen and oxygen atoms in total. The van der Waals surface area contributed by atoms with Crippen LogP contribution in [0.1, 0.15) is 42.6 Å². The number of imidazole rings is 1. The fourth-order valence-electron chi connectivity index (χ4n) is 6.31. The van der Waals surface area contributed by atoms with Crippen molar-refractivity contribution in [2.24, 2.45) is 0 Å². The van der Waals surface area contributed by atoms with Crippen LogP contribution in [0.2, 0.25) is 10.0 Å². The van der Waals surface area contributed by atoms with Crippen molar-refractivity contribution < 1.29 is 9.90 Å². The molecule has 41 heavy (non-hydrogen) atoms. The number of hydrogen-bond acceptors (Lipinski definition) is 5. The normalized spacial score (nSPS) is 17.2. The Balaban J connectivity index is 1.16. The van der Waals surface area contributed by atoms with Gasteiger partial charge in [0.1, 0.15) is 0 Å². The number of aromatic nitrogens is 4. The summed E-state index contributed by atoms with van der Waals surface area (Å²) < 4.78 is 3.76. The van der Waals surface area contributed by atoms with Gasteiger partial charge in [-0.1, -0.05) is 29.3 Å². The SMILES string of the molecule is CC(=O)N1CCc2c(c(-c3ccc(Cl)c(C)c3)nn2C[C@H](O)CN2CCC(n3c(=O)[nH]c4ccc(Cl)cc43)CC2)C1. The molecule has 0 saturated carbocycles. The van der Waals surface area contributed by atoms with Gasteiger partial charge in [-0.2, -0.15) is 5.10 Å². The van der Waals surface area contributed by atoms with Gasteiger partial charge in [-0.3, -0.25) is 14.0 Å². The van der Waals surface area contributed by atoms with Crippen molar-refractivity contribution in [3.63, 3.8) is 0 Å². The summed E-state index contributed by atoms with van der Waals surface area (Å²) in [6.07, 6.45) is 1.69. The fourth-order valence-corrected chi connectivity index (χ4v) is 6.59. The Morgan fingerprint density at radius 1 is 1.12 bits per heavy atom. The molecule has 0 bridgehead atoms. The number of H-pyrrole nitrogens is 1. The van der Waals surface area contributed by atoms with E-state index in [2.05, 4.69) is 9.88 Å². The first-order valence-corrected chi connectivity index (χ1v) is 14.8. The molecule has 2 N–H and O–H groups in total. The van der Waals surface area contributed by atoms with Crippen LogP contribution >= 0.6 is 23.2 Å². The molecule has 4 heterocycles. The van der Waals surface area contributed by atoms with E-state index in [0.717, 1.165) is 65.0 Å². The second-order valence-electron chi connectivity index (χ2n) is 11.3. The number of fused-ring (bicyclic) bond motifs is 2. The third-order valence-corrected chi connectivity index (χ3v) is 9.12. The highest BCUT2D eigenvalue weighted by Crippen LogP contribution is 2.33. The molecule has 2 aromatic heterocycles. The number of aliphatic hydroxyl groups excluding tert-OH is 1. The van der Waals surface area contributed by atoms with Gasteiger partial charge in [0.25, 0.3) is 0 Å². The molecular formula is C30H34Cl2N6O3. The zero-order valence-electron chi connectivity index (χ0n) is 23.2. The summed E-state index contributed by atoms with van der Waals surface area (Å²) in [5, 5.41) is 17.4. The highest BCUT2D eigenvalue weighted by molar-refractivity contribution is 6.31. The summed E-state index contributed by atoms with van der Waals surface area (Å²) in [4.78, 5) is 31.9. The third-order valence-electron chi connectivity index (χ3n) is 8.47. The van der Waals surface area contributed by atoms with Gasteiger partial charge >= 0.3 is 5.69 Å². The minimum absolute atomic E-state index is 0.0445. The Kier molecular flexibility index (Phi) is 7.72. The second kappa shape index (κ2) is 11.3. The van der Waals surface area contributed by atoms with E-state index in [1.54, 1.807) is 13.0 Å². The Hall–Kier alpha value is -3.11.